The van der Waals surface area contributed by atoms with Crippen LogP contribution in [0.5, 0.6) is 0 Å². The minimum Gasteiger partial charge on any atom is -0.397 e. The SMILES string of the molecule is NC(=O)c1sc2nc(N3CCC(NC[C@H](O)c4ccccn4)CC3)cc(C(F)(F)F)c2c1N. The van der Waals surface area contributed by atoms with E-state index < -0.39 is 23.8 Å². The van der Waals surface area contributed by atoms with E-state index in [1.165, 1.54) is 0 Å². The highest BCUT2D eigenvalue weighted by molar-refractivity contribution is 7.21. The van der Waals surface area contributed by atoms with Gasteiger partial charge in [-0.05, 0) is 31.0 Å². The van der Waals surface area contributed by atoms with Crippen molar-refractivity contribution in [3.8, 4) is 0 Å². The molecule has 33 heavy (non-hydrogen) atoms. The number of alkyl halides is 3. The van der Waals surface area contributed by atoms with Crippen molar-refractivity contribution in [3.05, 3.63) is 46.6 Å². The van der Waals surface area contributed by atoms with Crippen LogP contribution in [0.3, 0.4) is 0 Å². The average Bonchev–Trinajstić information content (AvgIpc) is 3.14. The first-order valence-corrected chi connectivity index (χ1v) is 11.1. The normalized spacial score (nSPS) is 16.3. The van der Waals surface area contributed by atoms with E-state index in [1.807, 2.05) is 0 Å². The number of aliphatic hydroxyl groups excluding tert-OH is 1. The molecule has 1 aliphatic rings. The summed E-state index contributed by atoms with van der Waals surface area (Å²) in [7, 11) is 0. The quantitative estimate of drug-likeness (QED) is 0.427. The van der Waals surface area contributed by atoms with E-state index in [1.54, 1.807) is 29.3 Å². The molecule has 12 heteroatoms. The lowest BCUT2D eigenvalue weighted by atomic mass is 10.0. The van der Waals surface area contributed by atoms with Gasteiger partial charge in [0.05, 0.1) is 16.9 Å². The predicted molar refractivity (Wildman–Crippen MR) is 120 cm³/mol. The highest BCUT2D eigenvalue weighted by atomic mass is 32.1. The maximum Gasteiger partial charge on any atom is 0.417 e. The molecule has 0 unspecified atom stereocenters. The Labute approximate surface area is 191 Å². The number of nitrogens with two attached hydrogens (primary N) is 2. The molecule has 176 valence electrons. The third-order valence-corrected chi connectivity index (χ3v) is 6.78. The van der Waals surface area contributed by atoms with Crippen LogP contribution >= 0.6 is 11.3 Å². The second-order valence-electron chi connectivity index (χ2n) is 7.86. The zero-order valence-corrected chi connectivity index (χ0v) is 18.3. The van der Waals surface area contributed by atoms with Crippen LogP contribution in [0.15, 0.2) is 30.5 Å². The van der Waals surface area contributed by atoms with Crippen molar-refractivity contribution in [2.24, 2.45) is 5.73 Å². The predicted octanol–water partition coefficient (Wildman–Crippen LogP) is 2.68. The van der Waals surface area contributed by atoms with Crippen molar-refractivity contribution >= 4 is 39.0 Å². The number of aliphatic hydroxyl groups is 1. The van der Waals surface area contributed by atoms with Gasteiger partial charge in [0.1, 0.15) is 21.6 Å². The number of anilines is 2. The molecule has 3 aromatic heterocycles. The molecule has 0 aliphatic carbocycles. The summed E-state index contributed by atoms with van der Waals surface area (Å²) in [6.45, 7) is 1.29. The summed E-state index contributed by atoms with van der Waals surface area (Å²) in [6, 6.07) is 6.40. The largest absolute Gasteiger partial charge is 0.417 e. The van der Waals surface area contributed by atoms with E-state index in [2.05, 4.69) is 15.3 Å². The molecule has 1 fully saturated rings. The summed E-state index contributed by atoms with van der Waals surface area (Å²) in [5.74, 6) is -0.705. The van der Waals surface area contributed by atoms with Crippen LogP contribution in [0.25, 0.3) is 10.2 Å². The topological polar surface area (TPSA) is 130 Å². The highest BCUT2D eigenvalue weighted by Gasteiger charge is 2.37. The van der Waals surface area contributed by atoms with Crippen LogP contribution in [0.2, 0.25) is 0 Å². The van der Waals surface area contributed by atoms with Crippen molar-refractivity contribution in [2.75, 3.05) is 30.3 Å². The third kappa shape index (κ3) is 4.87. The number of thiophene rings is 1. The number of fused-ring (bicyclic) bond motifs is 1. The fraction of sp³-hybridized carbons (Fsp3) is 0.381. The van der Waals surface area contributed by atoms with Crippen LogP contribution in [0, 0.1) is 0 Å². The number of hydrogen-bond donors (Lipinski definition) is 4. The number of carbonyl (C=O) groups is 1. The van der Waals surface area contributed by atoms with Crippen LogP contribution in [0.1, 0.15) is 39.9 Å². The van der Waals surface area contributed by atoms with Crippen molar-refractivity contribution < 1.29 is 23.1 Å². The van der Waals surface area contributed by atoms with E-state index in [9.17, 15) is 23.1 Å². The number of nitrogen functional groups attached to an aromatic ring is 1. The maximum absolute atomic E-state index is 13.8. The van der Waals surface area contributed by atoms with Crippen molar-refractivity contribution in [3.63, 3.8) is 0 Å². The van der Waals surface area contributed by atoms with E-state index in [0.29, 0.717) is 38.2 Å². The summed E-state index contributed by atoms with van der Waals surface area (Å²) in [5, 5.41) is 13.3. The zero-order valence-electron chi connectivity index (χ0n) is 17.5. The van der Waals surface area contributed by atoms with Gasteiger partial charge >= 0.3 is 6.18 Å². The number of amides is 1. The van der Waals surface area contributed by atoms with Crippen molar-refractivity contribution in [2.45, 2.75) is 31.2 Å². The van der Waals surface area contributed by atoms with Gasteiger partial charge in [0, 0.05) is 37.3 Å². The second-order valence-corrected chi connectivity index (χ2v) is 8.85. The number of halogens is 3. The van der Waals surface area contributed by atoms with Gasteiger partial charge in [-0.1, -0.05) is 6.07 Å². The van der Waals surface area contributed by atoms with E-state index in [-0.39, 0.29) is 32.6 Å². The molecular formula is C21H23F3N6O2S. The number of nitrogens with one attached hydrogen (secondary N) is 1. The monoisotopic (exact) mass is 480 g/mol. The summed E-state index contributed by atoms with van der Waals surface area (Å²) in [4.78, 5) is 21.8. The van der Waals surface area contributed by atoms with Gasteiger partial charge in [-0.25, -0.2) is 4.98 Å². The maximum atomic E-state index is 13.8. The number of rotatable bonds is 6. The minimum absolute atomic E-state index is 0.0323. The number of nitrogens with zero attached hydrogens (tertiary/aromatic N) is 3. The lowest BCUT2D eigenvalue weighted by molar-refractivity contribution is -0.136. The molecule has 4 rings (SSSR count). The molecule has 1 saturated heterocycles. The first kappa shape index (κ1) is 23.2. The van der Waals surface area contributed by atoms with Gasteiger partial charge < -0.3 is 26.8 Å². The van der Waals surface area contributed by atoms with Gasteiger partial charge in [0.25, 0.3) is 5.91 Å². The Balaban J connectivity index is 1.48. The molecule has 6 N–H and O–H groups in total. The second kappa shape index (κ2) is 9.12. The van der Waals surface area contributed by atoms with Gasteiger partial charge in [-0.2, -0.15) is 13.2 Å². The average molecular weight is 481 g/mol. The number of hydrogen-bond acceptors (Lipinski definition) is 8. The summed E-state index contributed by atoms with van der Waals surface area (Å²) < 4.78 is 41.3. The Kier molecular flexibility index (Phi) is 6.41. The van der Waals surface area contributed by atoms with E-state index >= 15 is 0 Å². The van der Waals surface area contributed by atoms with Crippen LogP contribution in [-0.2, 0) is 6.18 Å². The van der Waals surface area contributed by atoms with Crippen LogP contribution in [0.4, 0.5) is 24.7 Å². The Morgan fingerprint density at radius 3 is 2.67 bits per heavy atom. The lowest BCUT2D eigenvalue weighted by Gasteiger charge is -2.34. The van der Waals surface area contributed by atoms with E-state index in [4.69, 9.17) is 11.5 Å². The molecule has 1 aliphatic heterocycles. The molecule has 4 heterocycles. The van der Waals surface area contributed by atoms with E-state index in [0.717, 1.165) is 17.4 Å². The Bertz CT molecular complexity index is 1150. The molecule has 8 nitrogen and oxygen atoms in total. The molecule has 0 bridgehead atoms. The Morgan fingerprint density at radius 1 is 1.33 bits per heavy atom. The summed E-state index contributed by atoms with van der Waals surface area (Å²) in [6.07, 6.45) is -2.47. The zero-order chi connectivity index (χ0) is 23.8. The Morgan fingerprint density at radius 2 is 2.06 bits per heavy atom. The lowest BCUT2D eigenvalue weighted by Crippen LogP contribution is -2.44. The Hall–Kier alpha value is -2.96. The minimum atomic E-state index is -4.67. The number of carbonyl (C=O) groups excluding carboxylic acids is 1. The van der Waals surface area contributed by atoms with Gasteiger partial charge in [-0.15, -0.1) is 11.3 Å². The van der Waals surface area contributed by atoms with Gasteiger partial charge in [0.2, 0.25) is 0 Å². The fourth-order valence-corrected chi connectivity index (χ4v) is 4.91. The first-order chi connectivity index (χ1) is 15.6. The third-order valence-electron chi connectivity index (χ3n) is 5.66. The fourth-order valence-electron chi connectivity index (χ4n) is 3.95. The molecule has 0 aromatic carbocycles. The van der Waals surface area contributed by atoms with Gasteiger partial charge in [-0.3, -0.25) is 9.78 Å². The molecule has 0 saturated carbocycles. The summed E-state index contributed by atoms with van der Waals surface area (Å²) in [5.41, 5.74) is 10.4. The molecule has 0 radical (unpaired) electrons. The number of pyridine rings is 2. The summed E-state index contributed by atoms with van der Waals surface area (Å²) >= 11 is 0.767. The molecule has 1 atom stereocenters. The van der Waals surface area contributed by atoms with Gasteiger partial charge in [0.15, 0.2) is 0 Å². The molecular weight excluding hydrogens is 457 g/mol. The smallest absolute Gasteiger partial charge is 0.397 e. The number of aromatic nitrogens is 2. The standard InChI is InChI=1S/C21H23F3N6O2S/c22-21(23,24)12-9-15(29-20-16(12)17(25)18(33-20)19(26)32)30-7-4-11(5-8-30)28-10-14(31)13-3-1-2-6-27-13/h1-3,6,9,11,14,28,31H,4-5,7-8,10,25H2,(H2,26,32)/t14-/m0/s1. The molecule has 3 aromatic rings. The van der Waals surface area contributed by atoms with Crippen molar-refractivity contribution in [1.29, 1.82) is 0 Å². The highest BCUT2D eigenvalue weighted by Crippen LogP contribution is 2.43. The molecule has 0 spiro atoms. The van der Waals surface area contributed by atoms with Crippen molar-refractivity contribution in [1.82, 2.24) is 15.3 Å². The molecule has 1 amide bonds. The number of primary amides is 1. The first-order valence-electron chi connectivity index (χ1n) is 10.3. The van der Waals surface area contributed by atoms with Crippen LogP contribution < -0.4 is 21.7 Å². The van der Waals surface area contributed by atoms with Crippen LogP contribution in [-0.4, -0.2) is 46.7 Å². The number of piperidine rings is 1.